The predicted molar refractivity (Wildman–Crippen MR) is 112 cm³/mol. The van der Waals surface area contributed by atoms with E-state index in [4.69, 9.17) is 21.1 Å². The number of methoxy groups -OCH3 is 1. The van der Waals surface area contributed by atoms with Crippen molar-refractivity contribution in [2.24, 2.45) is 0 Å². The lowest BCUT2D eigenvalue weighted by molar-refractivity contribution is 0.0948. The Morgan fingerprint density at radius 2 is 1.92 bits per heavy atom. The van der Waals surface area contributed by atoms with Crippen LogP contribution >= 0.6 is 34.2 Å². The second-order valence-electron chi connectivity index (χ2n) is 5.94. The summed E-state index contributed by atoms with van der Waals surface area (Å²) in [6.45, 7) is 1.90. The number of ether oxygens (including phenoxy) is 2. The van der Waals surface area contributed by atoms with Gasteiger partial charge in [-0.05, 0) is 66.5 Å². The minimum Gasteiger partial charge on any atom is -0.496 e. The minimum atomic E-state index is -0.230. The molecule has 0 aliphatic heterocycles. The van der Waals surface area contributed by atoms with E-state index < -0.39 is 0 Å². The molecule has 1 N–H and O–H groups in total. The zero-order valence-corrected chi connectivity index (χ0v) is 17.9. The molecule has 0 unspecified atom stereocenters. The van der Waals surface area contributed by atoms with Crippen molar-refractivity contribution >= 4 is 40.1 Å². The second kappa shape index (κ2) is 9.99. The zero-order chi connectivity index (χ0) is 19.1. The molecule has 0 atom stereocenters. The van der Waals surface area contributed by atoms with Gasteiger partial charge in [-0.25, -0.2) is 0 Å². The summed E-state index contributed by atoms with van der Waals surface area (Å²) in [6, 6.07) is 11.0. The third kappa shape index (κ3) is 6.03. The van der Waals surface area contributed by atoms with Gasteiger partial charge in [0, 0.05) is 16.7 Å². The summed E-state index contributed by atoms with van der Waals surface area (Å²) < 4.78 is 11.8. The van der Waals surface area contributed by atoms with Gasteiger partial charge >= 0.3 is 0 Å². The third-order valence-corrected chi connectivity index (χ3v) is 5.19. The molecular formula is C19H22ClIN2O3. The van der Waals surface area contributed by atoms with Crippen LogP contribution in [0.25, 0.3) is 0 Å². The van der Waals surface area contributed by atoms with Gasteiger partial charge < -0.3 is 19.7 Å². The fourth-order valence-electron chi connectivity index (χ4n) is 2.20. The molecule has 2 aromatic carbocycles. The Hall–Kier alpha value is -1.51. The number of carbonyl (C=O) groups excluding carboxylic acids is 1. The van der Waals surface area contributed by atoms with Gasteiger partial charge in [0.2, 0.25) is 0 Å². The van der Waals surface area contributed by atoms with Crippen LogP contribution in [0.3, 0.4) is 0 Å². The molecule has 7 heteroatoms. The molecular weight excluding hydrogens is 467 g/mol. The summed E-state index contributed by atoms with van der Waals surface area (Å²) in [5.74, 6) is 1.08. The first kappa shape index (κ1) is 20.8. The molecule has 0 saturated carbocycles. The van der Waals surface area contributed by atoms with Crippen LogP contribution in [0.15, 0.2) is 36.4 Å². The fourth-order valence-corrected chi connectivity index (χ4v) is 2.80. The van der Waals surface area contributed by atoms with Crippen molar-refractivity contribution in [3.05, 3.63) is 56.1 Å². The van der Waals surface area contributed by atoms with Crippen molar-refractivity contribution in [3.8, 4) is 11.5 Å². The number of carbonyl (C=O) groups is 1. The van der Waals surface area contributed by atoms with E-state index >= 15 is 0 Å². The molecule has 0 fully saturated rings. The topological polar surface area (TPSA) is 50.8 Å². The van der Waals surface area contributed by atoms with Crippen LogP contribution < -0.4 is 14.8 Å². The largest absolute Gasteiger partial charge is 0.496 e. The normalized spacial score (nSPS) is 10.7. The average molecular weight is 489 g/mol. The van der Waals surface area contributed by atoms with E-state index in [9.17, 15) is 4.79 Å². The van der Waals surface area contributed by atoms with Gasteiger partial charge in [0.1, 0.15) is 18.1 Å². The maximum Gasteiger partial charge on any atom is 0.255 e. The van der Waals surface area contributed by atoms with Crippen molar-refractivity contribution in [3.63, 3.8) is 0 Å². The van der Waals surface area contributed by atoms with Crippen molar-refractivity contribution in [2.45, 2.75) is 6.54 Å². The maximum atomic E-state index is 12.5. The highest BCUT2D eigenvalue weighted by molar-refractivity contribution is 14.1. The lowest BCUT2D eigenvalue weighted by atomic mass is 10.1. The number of hydrogen-bond acceptors (Lipinski definition) is 4. The summed E-state index contributed by atoms with van der Waals surface area (Å²) in [5, 5.41) is 3.41. The van der Waals surface area contributed by atoms with E-state index in [1.165, 1.54) is 7.11 Å². The number of amides is 1. The van der Waals surface area contributed by atoms with E-state index in [0.717, 1.165) is 21.4 Å². The van der Waals surface area contributed by atoms with Gasteiger partial charge in [0.15, 0.2) is 0 Å². The standard InChI is InChI=1S/C19H22ClIN2O3/c1-23(2)8-9-26-14-6-4-13(5-7-14)12-22-19(24)15-10-16(20)17(21)11-18(15)25-3/h4-7,10-11H,8-9,12H2,1-3H3,(H,22,24). The smallest absolute Gasteiger partial charge is 0.255 e. The molecule has 2 aromatic rings. The van der Waals surface area contributed by atoms with Crippen LogP contribution in [0.2, 0.25) is 5.02 Å². The van der Waals surface area contributed by atoms with E-state index in [2.05, 4.69) is 32.8 Å². The van der Waals surface area contributed by atoms with Crippen molar-refractivity contribution in [2.75, 3.05) is 34.4 Å². The summed E-state index contributed by atoms with van der Waals surface area (Å²) >= 11 is 8.22. The van der Waals surface area contributed by atoms with E-state index in [1.54, 1.807) is 12.1 Å². The van der Waals surface area contributed by atoms with E-state index in [0.29, 0.717) is 29.5 Å². The molecule has 0 saturated heterocycles. The van der Waals surface area contributed by atoms with Crippen LogP contribution in [-0.2, 0) is 6.54 Å². The second-order valence-corrected chi connectivity index (χ2v) is 7.51. The Morgan fingerprint density at radius 1 is 1.23 bits per heavy atom. The molecule has 140 valence electrons. The summed E-state index contributed by atoms with van der Waals surface area (Å²) in [5.41, 5.74) is 1.40. The van der Waals surface area contributed by atoms with Gasteiger partial charge in [-0.1, -0.05) is 23.7 Å². The minimum absolute atomic E-state index is 0.230. The summed E-state index contributed by atoms with van der Waals surface area (Å²) in [6.07, 6.45) is 0. The highest BCUT2D eigenvalue weighted by Crippen LogP contribution is 2.28. The monoisotopic (exact) mass is 488 g/mol. The first-order valence-corrected chi connectivity index (χ1v) is 9.54. The molecule has 1 amide bonds. The number of halogens is 2. The van der Waals surface area contributed by atoms with Crippen LogP contribution in [0.1, 0.15) is 15.9 Å². The molecule has 26 heavy (non-hydrogen) atoms. The molecule has 5 nitrogen and oxygen atoms in total. The summed E-state index contributed by atoms with van der Waals surface area (Å²) in [4.78, 5) is 14.5. The Balaban J connectivity index is 1.94. The Kier molecular flexibility index (Phi) is 7.99. The molecule has 0 aliphatic rings. The fraction of sp³-hybridized carbons (Fsp3) is 0.316. The first-order chi connectivity index (χ1) is 12.4. The van der Waals surface area contributed by atoms with Crippen molar-refractivity contribution < 1.29 is 14.3 Å². The van der Waals surface area contributed by atoms with Gasteiger partial charge in [-0.15, -0.1) is 0 Å². The first-order valence-electron chi connectivity index (χ1n) is 8.08. The SMILES string of the molecule is COc1cc(I)c(Cl)cc1C(=O)NCc1ccc(OCCN(C)C)cc1. The van der Waals surface area contributed by atoms with E-state index in [1.807, 2.05) is 38.4 Å². The Morgan fingerprint density at radius 3 is 2.54 bits per heavy atom. The molecule has 0 bridgehead atoms. The average Bonchev–Trinajstić information content (AvgIpc) is 2.62. The molecule has 0 radical (unpaired) electrons. The van der Waals surface area contributed by atoms with Gasteiger partial charge in [0.25, 0.3) is 5.91 Å². The zero-order valence-electron chi connectivity index (χ0n) is 15.0. The van der Waals surface area contributed by atoms with Crippen LogP contribution in [0.4, 0.5) is 0 Å². The van der Waals surface area contributed by atoms with Gasteiger partial charge in [-0.2, -0.15) is 0 Å². The van der Waals surface area contributed by atoms with Crippen LogP contribution in [0.5, 0.6) is 11.5 Å². The summed E-state index contributed by atoms with van der Waals surface area (Å²) in [7, 11) is 5.54. The molecule has 2 rings (SSSR count). The third-order valence-electron chi connectivity index (χ3n) is 3.67. The lowest BCUT2D eigenvalue weighted by Crippen LogP contribution is -2.23. The van der Waals surface area contributed by atoms with Crippen LogP contribution in [0, 0.1) is 3.57 Å². The molecule has 0 spiro atoms. The molecule has 0 heterocycles. The Bertz CT molecular complexity index is 751. The number of rotatable bonds is 8. The highest BCUT2D eigenvalue weighted by atomic mass is 127. The number of nitrogens with zero attached hydrogens (tertiary/aromatic N) is 1. The molecule has 0 aliphatic carbocycles. The maximum absolute atomic E-state index is 12.5. The van der Waals surface area contributed by atoms with Crippen molar-refractivity contribution in [1.29, 1.82) is 0 Å². The number of likely N-dealkylation sites (N-methyl/N-ethyl adjacent to an activating group) is 1. The highest BCUT2D eigenvalue weighted by Gasteiger charge is 2.15. The number of benzene rings is 2. The van der Waals surface area contributed by atoms with Crippen LogP contribution in [-0.4, -0.2) is 45.2 Å². The van der Waals surface area contributed by atoms with Gasteiger partial charge in [-0.3, -0.25) is 4.79 Å². The molecule has 0 aromatic heterocycles. The number of hydrogen-bond donors (Lipinski definition) is 1. The lowest BCUT2D eigenvalue weighted by Gasteiger charge is -2.12. The van der Waals surface area contributed by atoms with Gasteiger partial charge in [0.05, 0.1) is 17.7 Å². The predicted octanol–water partition coefficient (Wildman–Crippen LogP) is 3.82. The van der Waals surface area contributed by atoms with E-state index in [-0.39, 0.29) is 5.91 Å². The Labute approximate surface area is 172 Å². The quantitative estimate of drug-likeness (QED) is 0.574. The number of nitrogens with one attached hydrogen (secondary N) is 1. The van der Waals surface area contributed by atoms with Crippen molar-refractivity contribution in [1.82, 2.24) is 10.2 Å².